The Labute approximate surface area is 345 Å². The predicted molar refractivity (Wildman–Crippen MR) is 207 cm³/mol. The van der Waals surface area contributed by atoms with Crippen LogP contribution in [0.5, 0.6) is 0 Å². The molecule has 17 atom stereocenters. The molecule has 0 radical (unpaired) electrons. The fourth-order valence-corrected chi connectivity index (χ4v) is 7.53. The molecular weight excluding hydrogens is 782 g/mol. The van der Waals surface area contributed by atoms with E-state index in [-0.39, 0.29) is 18.8 Å². The molecule has 2 saturated heterocycles. The summed E-state index contributed by atoms with van der Waals surface area (Å²) < 4.78 is 36.6. The van der Waals surface area contributed by atoms with E-state index >= 15 is 0 Å². The van der Waals surface area contributed by atoms with Crippen LogP contribution in [0.1, 0.15) is 73.6 Å². The first-order chi connectivity index (χ1) is 27.5. The zero-order valence-electron chi connectivity index (χ0n) is 35.3. The van der Waals surface area contributed by atoms with Crippen molar-refractivity contribution < 1.29 is 88.5 Å². The molecule has 0 aromatic carbocycles. The SMILES string of the molecule is COC1C(O)CC(=O)OC(C)CC=CC=CC(O)C(C)CC(CC=O)C1OC1OC(C)C(OC2CC(C)(C)C(O)C(C)O2)C(N(C)C)C1O.O=C(O)C(O)C(O)C(=O)O. The smallest absolute Gasteiger partial charge is 0.335 e. The average Bonchev–Trinajstić information content (AvgIpc) is 3.13. The number of aliphatic carboxylic acids is 2. The molecule has 0 amide bonds. The normalized spacial score (nSPS) is 38.3. The van der Waals surface area contributed by atoms with Gasteiger partial charge in [0.15, 0.2) is 24.8 Å². The molecule has 3 aliphatic heterocycles. The first-order valence-electron chi connectivity index (χ1n) is 19.8. The number of carbonyl (C=O) groups is 4. The lowest BCUT2D eigenvalue weighted by Crippen LogP contribution is -2.65. The van der Waals surface area contributed by atoms with Gasteiger partial charge in [-0.2, -0.15) is 0 Å². The lowest BCUT2D eigenvalue weighted by atomic mass is 9.78. The molecule has 8 N–H and O–H groups in total. The number of hydrogen-bond acceptors (Lipinski definition) is 17. The Hall–Kier alpha value is -2.92. The van der Waals surface area contributed by atoms with Gasteiger partial charge in [-0.1, -0.05) is 45.1 Å². The maximum Gasteiger partial charge on any atom is 0.335 e. The van der Waals surface area contributed by atoms with E-state index in [0.717, 1.165) is 6.29 Å². The molecule has 3 heterocycles. The molecule has 17 unspecified atom stereocenters. The van der Waals surface area contributed by atoms with Gasteiger partial charge >= 0.3 is 17.9 Å². The van der Waals surface area contributed by atoms with Crippen LogP contribution in [0.4, 0.5) is 0 Å². The molecule has 0 aromatic rings. The van der Waals surface area contributed by atoms with Crippen molar-refractivity contribution in [3.63, 3.8) is 0 Å². The van der Waals surface area contributed by atoms with Crippen LogP contribution in [-0.2, 0) is 47.6 Å². The number of rotatable bonds is 11. The number of cyclic esters (lactones) is 1. The summed E-state index contributed by atoms with van der Waals surface area (Å²) in [4.78, 5) is 46.2. The lowest BCUT2D eigenvalue weighted by molar-refractivity contribution is -0.340. The fraction of sp³-hybridized carbons (Fsp3) is 0.800. The van der Waals surface area contributed by atoms with Gasteiger partial charge < -0.3 is 79.0 Å². The molecule has 0 aliphatic carbocycles. The third-order valence-corrected chi connectivity index (χ3v) is 10.9. The summed E-state index contributed by atoms with van der Waals surface area (Å²) in [6.07, 6.45) is -6.57. The zero-order chi connectivity index (χ0) is 44.9. The highest BCUT2D eigenvalue weighted by atomic mass is 16.7. The minimum absolute atomic E-state index is 0.0144. The van der Waals surface area contributed by atoms with E-state index in [2.05, 4.69) is 0 Å². The average molecular weight is 850 g/mol. The summed E-state index contributed by atoms with van der Waals surface area (Å²) in [6.45, 7) is 11.1. The molecule has 0 aromatic heterocycles. The maximum atomic E-state index is 12.8. The molecule has 3 rings (SSSR count). The second kappa shape index (κ2) is 23.9. The Morgan fingerprint density at radius 1 is 0.932 bits per heavy atom. The molecular formula is C40H67NO18. The van der Waals surface area contributed by atoms with Crippen LogP contribution in [0.15, 0.2) is 24.3 Å². The molecule has 0 spiro atoms. The second-order valence-corrected chi connectivity index (χ2v) is 16.5. The van der Waals surface area contributed by atoms with Crippen LogP contribution in [0, 0.1) is 17.3 Å². The van der Waals surface area contributed by atoms with Crippen molar-refractivity contribution in [1.29, 1.82) is 0 Å². The molecule has 0 saturated carbocycles. The van der Waals surface area contributed by atoms with E-state index < -0.39 is 128 Å². The highest BCUT2D eigenvalue weighted by molar-refractivity contribution is 5.83. The van der Waals surface area contributed by atoms with Crippen LogP contribution in [0.2, 0.25) is 0 Å². The number of aliphatic hydroxyl groups excluding tert-OH is 6. The number of likely N-dealkylation sites (N-methyl/N-ethyl adjacent to an activating group) is 1. The second-order valence-electron chi connectivity index (χ2n) is 16.5. The minimum Gasteiger partial charge on any atom is -0.479 e. The van der Waals surface area contributed by atoms with Gasteiger partial charge in [0.2, 0.25) is 0 Å². The van der Waals surface area contributed by atoms with Crippen LogP contribution in [0.25, 0.3) is 0 Å². The van der Waals surface area contributed by atoms with Gasteiger partial charge in [0.1, 0.15) is 30.7 Å². The van der Waals surface area contributed by atoms with E-state index in [9.17, 15) is 39.6 Å². The summed E-state index contributed by atoms with van der Waals surface area (Å²) in [6, 6.07) is -0.639. The van der Waals surface area contributed by atoms with E-state index in [4.69, 9.17) is 48.8 Å². The number of allylic oxidation sites excluding steroid dienone is 2. The van der Waals surface area contributed by atoms with Crippen molar-refractivity contribution >= 4 is 24.2 Å². The van der Waals surface area contributed by atoms with E-state index in [1.807, 2.05) is 31.7 Å². The van der Waals surface area contributed by atoms with Crippen LogP contribution in [0.3, 0.4) is 0 Å². The van der Waals surface area contributed by atoms with Gasteiger partial charge in [0.05, 0.1) is 49.1 Å². The largest absolute Gasteiger partial charge is 0.479 e. The van der Waals surface area contributed by atoms with Crippen molar-refractivity contribution in [2.75, 3.05) is 21.2 Å². The zero-order valence-corrected chi connectivity index (χ0v) is 35.3. The Morgan fingerprint density at radius 2 is 1.54 bits per heavy atom. The number of hydrogen-bond donors (Lipinski definition) is 8. The standard InChI is InChI=1S/C36H61NO12.C4H6O6/c1-20-17-24(15-16-38)32(33(44-9)26(40)18-27(41)45-21(2)13-11-10-12-14-25(20)39)49-35-30(42)29(37(7)8)31(22(3)47-35)48-28-19-36(5,6)34(43)23(4)46-28;5-1(3(7)8)2(6)4(9)10/h10-12,14,16,20-26,28-35,39-40,42-43H,13,15,17-19H2,1-9H3;1-2,5-6H,(H,7,8)(H,9,10). The van der Waals surface area contributed by atoms with Gasteiger partial charge in [0, 0.05) is 26.4 Å². The Balaban J connectivity index is 0.00000106. The molecule has 2 fully saturated rings. The third kappa shape index (κ3) is 15.2. The summed E-state index contributed by atoms with van der Waals surface area (Å²) in [7, 11) is 4.98. The summed E-state index contributed by atoms with van der Waals surface area (Å²) in [5.41, 5.74) is -0.464. The first kappa shape index (κ1) is 52.2. The molecule has 340 valence electrons. The van der Waals surface area contributed by atoms with Crippen molar-refractivity contribution in [2.24, 2.45) is 17.3 Å². The number of carboxylic acids is 2. The van der Waals surface area contributed by atoms with Crippen molar-refractivity contribution in [3.05, 3.63) is 24.3 Å². The number of nitrogens with zero attached hydrogens (tertiary/aromatic N) is 1. The minimum atomic E-state index is -2.27. The number of methoxy groups -OCH3 is 1. The van der Waals surface area contributed by atoms with E-state index in [1.54, 1.807) is 53.1 Å². The maximum absolute atomic E-state index is 12.8. The molecule has 19 heteroatoms. The Kier molecular flexibility index (Phi) is 21.2. The number of aldehydes is 1. The quantitative estimate of drug-likeness (QED) is 0.100. The van der Waals surface area contributed by atoms with Gasteiger partial charge in [-0.05, 0) is 58.5 Å². The van der Waals surface area contributed by atoms with E-state index in [0.29, 0.717) is 12.8 Å². The number of carbonyl (C=O) groups excluding carboxylic acids is 2. The fourth-order valence-electron chi connectivity index (χ4n) is 7.53. The summed E-state index contributed by atoms with van der Waals surface area (Å²) in [5, 5.41) is 77.3. The molecule has 0 bridgehead atoms. The predicted octanol–water partition coefficient (Wildman–Crippen LogP) is -0.00180. The van der Waals surface area contributed by atoms with Crippen molar-refractivity contribution in [2.45, 2.75) is 166 Å². The van der Waals surface area contributed by atoms with Crippen LogP contribution in [-0.4, -0.2) is 183 Å². The van der Waals surface area contributed by atoms with Crippen molar-refractivity contribution in [3.8, 4) is 0 Å². The Morgan fingerprint density at radius 3 is 2.07 bits per heavy atom. The molecule has 3 aliphatic rings. The van der Waals surface area contributed by atoms with Gasteiger partial charge in [-0.3, -0.25) is 4.79 Å². The van der Waals surface area contributed by atoms with Crippen LogP contribution >= 0.6 is 0 Å². The van der Waals surface area contributed by atoms with Crippen molar-refractivity contribution in [1.82, 2.24) is 4.90 Å². The number of aliphatic hydroxyl groups is 6. The van der Waals surface area contributed by atoms with Crippen LogP contribution < -0.4 is 0 Å². The van der Waals surface area contributed by atoms with Gasteiger partial charge in [-0.15, -0.1) is 0 Å². The third-order valence-electron chi connectivity index (χ3n) is 10.9. The summed E-state index contributed by atoms with van der Waals surface area (Å²) >= 11 is 0. The Bertz CT molecular complexity index is 1370. The highest BCUT2D eigenvalue weighted by Gasteiger charge is 2.51. The monoisotopic (exact) mass is 849 g/mol. The molecule has 59 heavy (non-hydrogen) atoms. The molecule has 19 nitrogen and oxygen atoms in total. The highest BCUT2D eigenvalue weighted by Crippen LogP contribution is 2.39. The van der Waals surface area contributed by atoms with Gasteiger partial charge in [-0.25, -0.2) is 9.59 Å². The lowest BCUT2D eigenvalue weighted by Gasteiger charge is -2.50. The number of carboxylic acid groups (broad SMARTS) is 2. The number of ether oxygens (including phenoxy) is 6. The van der Waals surface area contributed by atoms with E-state index in [1.165, 1.54) is 7.11 Å². The first-order valence-corrected chi connectivity index (χ1v) is 19.8. The topological polar surface area (TPSA) is 289 Å². The van der Waals surface area contributed by atoms with Gasteiger partial charge in [0.25, 0.3) is 0 Å². The summed E-state index contributed by atoms with van der Waals surface area (Å²) in [5.74, 6) is -5.11. The number of esters is 1.